The molecule has 0 aliphatic rings. The van der Waals surface area contributed by atoms with Crippen molar-refractivity contribution in [3.8, 4) is 28.9 Å². The van der Waals surface area contributed by atoms with Crippen molar-refractivity contribution in [1.82, 2.24) is 10.3 Å². The van der Waals surface area contributed by atoms with E-state index < -0.39 is 11.7 Å². The molecule has 0 fully saturated rings. The summed E-state index contributed by atoms with van der Waals surface area (Å²) in [4.78, 5) is 16.2. The van der Waals surface area contributed by atoms with Gasteiger partial charge in [-0.1, -0.05) is 0 Å². The van der Waals surface area contributed by atoms with Gasteiger partial charge in [-0.15, -0.1) is 0 Å². The first-order valence-corrected chi connectivity index (χ1v) is 9.63. The molecule has 1 heterocycles. The average molecular weight is 462 g/mol. The van der Waals surface area contributed by atoms with Gasteiger partial charge in [-0.3, -0.25) is 4.79 Å². The second-order valence-electron chi connectivity index (χ2n) is 6.71. The molecule has 3 aromatic rings. The van der Waals surface area contributed by atoms with Gasteiger partial charge in [-0.05, 0) is 36.4 Å². The van der Waals surface area contributed by atoms with Crippen molar-refractivity contribution in [2.75, 3.05) is 21.3 Å². The lowest BCUT2D eigenvalue weighted by Gasteiger charge is -2.14. The lowest BCUT2D eigenvalue weighted by atomic mass is 10.1. The number of carbonyl (C=O) groups is 1. The molecule has 2 aromatic carbocycles. The van der Waals surface area contributed by atoms with Crippen LogP contribution in [-0.4, -0.2) is 32.2 Å². The predicted octanol–water partition coefficient (Wildman–Crippen LogP) is 4.85. The van der Waals surface area contributed by atoms with Crippen molar-refractivity contribution in [3.63, 3.8) is 0 Å². The summed E-state index contributed by atoms with van der Waals surface area (Å²) >= 11 is 0. The number of hydrogen-bond donors (Lipinski definition) is 1. The molecule has 10 heteroatoms. The Morgan fingerprint density at radius 1 is 0.909 bits per heavy atom. The quantitative estimate of drug-likeness (QED) is 0.516. The van der Waals surface area contributed by atoms with Crippen LogP contribution in [-0.2, 0) is 12.7 Å². The Kier molecular flexibility index (Phi) is 7.27. The molecule has 0 radical (unpaired) electrons. The fourth-order valence-corrected chi connectivity index (χ4v) is 2.91. The first kappa shape index (κ1) is 23.7. The molecule has 0 saturated carbocycles. The zero-order chi connectivity index (χ0) is 24.0. The van der Waals surface area contributed by atoms with Crippen LogP contribution < -0.4 is 24.3 Å². The summed E-state index contributed by atoms with van der Waals surface area (Å²) in [7, 11) is 4.53. The molecule has 33 heavy (non-hydrogen) atoms. The molecule has 0 atom stereocenters. The summed E-state index contributed by atoms with van der Waals surface area (Å²) in [5, 5.41) is 2.79. The van der Waals surface area contributed by atoms with Gasteiger partial charge >= 0.3 is 6.18 Å². The third-order valence-corrected chi connectivity index (χ3v) is 4.63. The Balaban J connectivity index is 1.64. The molecule has 0 aliphatic carbocycles. The predicted molar refractivity (Wildman–Crippen MR) is 113 cm³/mol. The number of rotatable bonds is 8. The standard InChI is InChI=1S/C23H21F3N2O5/c1-30-18-11-20(32-3)19(31-2)10-15(18)12-28-22(29)14-4-7-17(8-5-14)33-21-9-6-16(13-27-21)23(24,25)26/h4-11,13H,12H2,1-3H3,(H,28,29). The van der Waals surface area contributed by atoms with E-state index in [1.54, 1.807) is 12.1 Å². The number of nitrogens with zero attached hydrogens (tertiary/aromatic N) is 1. The average Bonchev–Trinajstić information content (AvgIpc) is 2.82. The zero-order valence-electron chi connectivity index (χ0n) is 18.0. The Morgan fingerprint density at radius 2 is 1.55 bits per heavy atom. The van der Waals surface area contributed by atoms with E-state index >= 15 is 0 Å². The monoisotopic (exact) mass is 462 g/mol. The smallest absolute Gasteiger partial charge is 0.417 e. The van der Waals surface area contributed by atoms with Gasteiger partial charge in [0.15, 0.2) is 11.5 Å². The molecule has 0 saturated heterocycles. The minimum Gasteiger partial charge on any atom is -0.496 e. The van der Waals surface area contributed by atoms with Crippen molar-refractivity contribution >= 4 is 5.91 Å². The zero-order valence-corrected chi connectivity index (χ0v) is 18.0. The van der Waals surface area contributed by atoms with Gasteiger partial charge in [0.05, 0.1) is 26.9 Å². The number of hydrogen-bond acceptors (Lipinski definition) is 6. The van der Waals surface area contributed by atoms with Crippen molar-refractivity contribution in [2.24, 2.45) is 0 Å². The second kappa shape index (κ2) is 10.1. The molecule has 7 nitrogen and oxygen atoms in total. The van der Waals surface area contributed by atoms with E-state index in [4.69, 9.17) is 18.9 Å². The highest BCUT2D eigenvalue weighted by Crippen LogP contribution is 2.34. The van der Waals surface area contributed by atoms with E-state index in [0.29, 0.717) is 40.3 Å². The van der Waals surface area contributed by atoms with Crippen LogP contribution in [0.5, 0.6) is 28.9 Å². The van der Waals surface area contributed by atoms with E-state index in [1.807, 2.05) is 0 Å². The SMILES string of the molecule is COc1cc(OC)c(OC)cc1CNC(=O)c1ccc(Oc2ccc(C(F)(F)F)cn2)cc1. The van der Waals surface area contributed by atoms with Crippen LogP contribution in [0.25, 0.3) is 0 Å². The molecule has 0 spiro atoms. The highest BCUT2D eigenvalue weighted by molar-refractivity contribution is 5.94. The minimum atomic E-state index is -4.47. The number of benzene rings is 2. The Labute approximate surface area is 188 Å². The first-order chi connectivity index (χ1) is 15.7. The van der Waals surface area contributed by atoms with Crippen molar-refractivity contribution < 1.29 is 36.9 Å². The third kappa shape index (κ3) is 5.85. The molecule has 1 amide bonds. The van der Waals surface area contributed by atoms with Crippen LogP contribution in [0.15, 0.2) is 54.7 Å². The molecule has 0 bridgehead atoms. The van der Waals surface area contributed by atoms with Gasteiger partial charge in [0, 0.05) is 36.0 Å². The van der Waals surface area contributed by atoms with Crippen LogP contribution in [0.2, 0.25) is 0 Å². The van der Waals surface area contributed by atoms with Gasteiger partial charge in [0.25, 0.3) is 5.91 Å². The Bertz CT molecular complexity index is 1100. The number of carbonyl (C=O) groups excluding carboxylic acids is 1. The lowest BCUT2D eigenvalue weighted by Crippen LogP contribution is -2.23. The molecule has 0 unspecified atom stereocenters. The number of pyridine rings is 1. The number of aromatic nitrogens is 1. The number of alkyl halides is 3. The van der Waals surface area contributed by atoms with E-state index in [2.05, 4.69) is 10.3 Å². The molecule has 3 rings (SSSR count). The van der Waals surface area contributed by atoms with Gasteiger partial charge in [-0.25, -0.2) is 4.98 Å². The highest BCUT2D eigenvalue weighted by atomic mass is 19.4. The second-order valence-corrected chi connectivity index (χ2v) is 6.71. The fourth-order valence-electron chi connectivity index (χ4n) is 2.91. The Hall–Kier alpha value is -3.95. The van der Waals surface area contributed by atoms with Gasteiger partial charge in [0.1, 0.15) is 11.5 Å². The fraction of sp³-hybridized carbons (Fsp3) is 0.217. The molecule has 0 aliphatic heterocycles. The van der Waals surface area contributed by atoms with Gasteiger partial charge in [0.2, 0.25) is 5.88 Å². The van der Waals surface area contributed by atoms with Crippen LogP contribution in [0.3, 0.4) is 0 Å². The van der Waals surface area contributed by atoms with E-state index in [0.717, 1.165) is 12.1 Å². The molecular formula is C23H21F3N2O5. The maximum Gasteiger partial charge on any atom is 0.417 e. The summed E-state index contributed by atoms with van der Waals surface area (Å²) < 4.78 is 59.2. The van der Waals surface area contributed by atoms with E-state index in [9.17, 15) is 18.0 Å². The molecule has 1 N–H and O–H groups in total. The maximum atomic E-state index is 12.6. The summed E-state index contributed by atoms with van der Waals surface area (Å²) in [5.74, 6) is 1.51. The number of methoxy groups -OCH3 is 3. The van der Waals surface area contributed by atoms with Crippen LogP contribution in [0, 0.1) is 0 Å². The number of amides is 1. The van der Waals surface area contributed by atoms with Crippen LogP contribution >= 0.6 is 0 Å². The summed E-state index contributed by atoms with van der Waals surface area (Å²) in [5.41, 5.74) is 0.187. The first-order valence-electron chi connectivity index (χ1n) is 9.63. The van der Waals surface area contributed by atoms with E-state index in [-0.39, 0.29) is 18.3 Å². The molecular weight excluding hydrogens is 441 g/mol. The topological polar surface area (TPSA) is 78.9 Å². The van der Waals surface area contributed by atoms with Crippen molar-refractivity contribution in [3.05, 3.63) is 71.4 Å². The summed E-state index contributed by atoms with van der Waals surface area (Å²) in [6, 6.07) is 11.5. The van der Waals surface area contributed by atoms with Crippen molar-refractivity contribution in [1.29, 1.82) is 0 Å². The maximum absolute atomic E-state index is 12.6. The van der Waals surface area contributed by atoms with Crippen LogP contribution in [0.4, 0.5) is 13.2 Å². The molecule has 1 aromatic heterocycles. The normalized spacial score (nSPS) is 11.0. The van der Waals surface area contributed by atoms with E-state index in [1.165, 1.54) is 45.6 Å². The number of nitrogens with one attached hydrogen (secondary N) is 1. The Morgan fingerprint density at radius 3 is 2.09 bits per heavy atom. The van der Waals surface area contributed by atoms with Gasteiger partial charge in [-0.2, -0.15) is 13.2 Å². The summed E-state index contributed by atoms with van der Waals surface area (Å²) in [6.45, 7) is 0.177. The third-order valence-electron chi connectivity index (χ3n) is 4.63. The highest BCUT2D eigenvalue weighted by Gasteiger charge is 2.30. The summed E-state index contributed by atoms with van der Waals surface area (Å²) in [6.07, 6.45) is -3.78. The number of halogens is 3. The lowest BCUT2D eigenvalue weighted by molar-refractivity contribution is -0.137. The van der Waals surface area contributed by atoms with Gasteiger partial charge < -0.3 is 24.3 Å². The molecule has 174 valence electrons. The minimum absolute atomic E-state index is 0.000694. The van der Waals surface area contributed by atoms with Crippen LogP contribution in [0.1, 0.15) is 21.5 Å². The van der Waals surface area contributed by atoms with Crippen molar-refractivity contribution in [2.45, 2.75) is 12.7 Å². The number of ether oxygens (including phenoxy) is 4. The largest absolute Gasteiger partial charge is 0.496 e.